The average Bonchev–Trinajstić information content (AvgIpc) is 2.73. The highest BCUT2D eigenvalue weighted by Gasteiger charge is 2.30. The van der Waals surface area contributed by atoms with Crippen LogP contribution in [0.15, 0.2) is 48.5 Å². The van der Waals surface area contributed by atoms with Crippen molar-refractivity contribution in [3.8, 4) is 5.75 Å². The van der Waals surface area contributed by atoms with Gasteiger partial charge in [0.25, 0.3) is 0 Å². The number of fused-ring (bicyclic) bond motifs is 1. The summed E-state index contributed by atoms with van der Waals surface area (Å²) in [4.78, 5) is 17.5. The number of anilines is 1. The van der Waals surface area contributed by atoms with Crippen molar-refractivity contribution in [2.45, 2.75) is 18.9 Å². The highest BCUT2D eigenvalue weighted by Crippen LogP contribution is 2.31. The van der Waals surface area contributed by atoms with Crippen LogP contribution in [-0.4, -0.2) is 50.6 Å². The maximum absolute atomic E-state index is 13.2. The number of benzene rings is 2. The summed E-state index contributed by atoms with van der Waals surface area (Å²) >= 11 is 0. The van der Waals surface area contributed by atoms with Gasteiger partial charge >= 0.3 is 0 Å². The second-order valence-electron chi connectivity index (χ2n) is 7.21. The molecule has 1 N–H and O–H groups in total. The van der Waals surface area contributed by atoms with E-state index >= 15 is 0 Å². The minimum absolute atomic E-state index is 0. The molecule has 0 aliphatic carbocycles. The van der Waals surface area contributed by atoms with Gasteiger partial charge in [0.05, 0.1) is 19.7 Å². The standard InChI is InChI=1S/C22H27N3O2.ClH/c1-27-21-11-5-3-9-18(21)20-15-23-12-14-24(20)16-22(26)25-13-6-8-17-7-2-4-10-19(17)25;/h2-5,7,9-11,20,23H,6,8,12-16H2,1H3;1H. The van der Waals surface area contributed by atoms with E-state index in [0.29, 0.717) is 6.54 Å². The highest BCUT2D eigenvalue weighted by atomic mass is 35.5. The van der Waals surface area contributed by atoms with Gasteiger partial charge in [-0.25, -0.2) is 0 Å². The van der Waals surface area contributed by atoms with Gasteiger partial charge < -0.3 is 15.0 Å². The molecule has 28 heavy (non-hydrogen) atoms. The van der Waals surface area contributed by atoms with Crippen molar-refractivity contribution in [2.75, 3.05) is 44.7 Å². The van der Waals surface area contributed by atoms with E-state index in [0.717, 1.165) is 56.0 Å². The molecule has 2 aromatic rings. The van der Waals surface area contributed by atoms with Gasteiger partial charge in [-0.05, 0) is 30.5 Å². The Morgan fingerprint density at radius 3 is 2.79 bits per heavy atom. The number of methoxy groups -OCH3 is 1. The first kappa shape index (κ1) is 20.6. The summed E-state index contributed by atoms with van der Waals surface area (Å²) < 4.78 is 5.56. The number of hydrogen-bond donors (Lipinski definition) is 1. The van der Waals surface area contributed by atoms with Crippen LogP contribution < -0.4 is 15.0 Å². The molecule has 2 heterocycles. The number of piperazine rings is 1. The molecule has 2 aromatic carbocycles. The number of aryl methyl sites for hydroxylation is 1. The second-order valence-corrected chi connectivity index (χ2v) is 7.21. The molecule has 1 unspecified atom stereocenters. The van der Waals surface area contributed by atoms with Crippen molar-refractivity contribution >= 4 is 24.0 Å². The number of halogens is 1. The third-order valence-electron chi connectivity index (χ3n) is 5.60. The summed E-state index contributed by atoms with van der Waals surface area (Å²) in [6, 6.07) is 16.5. The quantitative estimate of drug-likeness (QED) is 0.855. The predicted octanol–water partition coefficient (Wildman–Crippen LogP) is 3.04. The molecule has 0 aromatic heterocycles. The number of hydrogen-bond acceptors (Lipinski definition) is 4. The molecule has 0 bridgehead atoms. The number of rotatable bonds is 4. The molecule has 2 aliphatic rings. The van der Waals surface area contributed by atoms with Gasteiger partial charge in [-0.15, -0.1) is 12.4 Å². The Morgan fingerprint density at radius 1 is 1.14 bits per heavy atom. The number of carbonyl (C=O) groups is 1. The third kappa shape index (κ3) is 4.17. The van der Waals surface area contributed by atoms with E-state index in [2.05, 4.69) is 34.5 Å². The summed E-state index contributed by atoms with van der Waals surface area (Å²) in [7, 11) is 1.70. The summed E-state index contributed by atoms with van der Waals surface area (Å²) in [5.41, 5.74) is 3.50. The van der Waals surface area contributed by atoms with Crippen LogP contribution in [0.3, 0.4) is 0 Å². The van der Waals surface area contributed by atoms with Crippen LogP contribution in [0, 0.1) is 0 Å². The molecule has 1 amide bonds. The maximum atomic E-state index is 13.2. The van der Waals surface area contributed by atoms with E-state index < -0.39 is 0 Å². The van der Waals surface area contributed by atoms with Gasteiger partial charge in [0.2, 0.25) is 5.91 Å². The summed E-state index contributed by atoms with van der Waals surface area (Å²) in [5, 5.41) is 3.46. The van der Waals surface area contributed by atoms with Crippen LogP contribution in [-0.2, 0) is 11.2 Å². The average molecular weight is 402 g/mol. The van der Waals surface area contributed by atoms with Crippen LogP contribution in [0.4, 0.5) is 5.69 Å². The largest absolute Gasteiger partial charge is 0.496 e. The first-order valence-corrected chi connectivity index (χ1v) is 9.74. The Hall–Kier alpha value is -2.08. The molecule has 0 radical (unpaired) electrons. The molecule has 4 rings (SSSR count). The van der Waals surface area contributed by atoms with Crippen LogP contribution in [0.2, 0.25) is 0 Å². The van der Waals surface area contributed by atoms with E-state index in [4.69, 9.17) is 4.74 Å². The predicted molar refractivity (Wildman–Crippen MR) is 115 cm³/mol. The van der Waals surface area contributed by atoms with E-state index in [-0.39, 0.29) is 24.4 Å². The van der Waals surface area contributed by atoms with Crippen LogP contribution in [0.5, 0.6) is 5.75 Å². The van der Waals surface area contributed by atoms with E-state index in [1.807, 2.05) is 29.2 Å². The van der Waals surface area contributed by atoms with E-state index in [9.17, 15) is 4.79 Å². The molecule has 2 aliphatic heterocycles. The van der Waals surface area contributed by atoms with Crippen molar-refractivity contribution in [1.82, 2.24) is 10.2 Å². The van der Waals surface area contributed by atoms with Crippen LogP contribution >= 0.6 is 12.4 Å². The van der Waals surface area contributed by atoms with Crippen molar-refractivity contribution in [1.29, 1.82) is 0 Å². The smallest absolute Gasteiger partial charge is 0.241 e. The summed E-state index contributed by atoms with van der Waals surface area (Å²) in [6.45, 7) is 3.81. The first-order valence-electron chi connectivity index (χ1n) is 9.74. The SMILES string of the molecule is COc1ccccc1C1CNCCN1CC(=O)N1CCCc2ccccc21.Cl. The minimum Gasteiger partial charge on any atom is -0.496 e. The lowest BCUT2D eigenvalue weighted by atomic mass is 10.0. The molecule has 5 nitrogen and oxygen atoms in total. The molecule has 6 heteroatoms. The van der Waals surface area contributed by atoms with Crippen molar-refractivity contribution in [2.24, 2.45) is 0 Å². The molecule has 0 saturated carbocycles. The van der Waals surface area contributed by atoms with E-state index in [1.165, 1.54) is 5.56 Å². The zero-order chi connectivity index (χ0) is 18.6. The topological polar surface area (TPSA) is 44.8 Å². The van der Waals surface area contributed by atoms with Gasteiger partial charge in [-0.3, -0.25) is 9.69 Å². The molecule has 0 spiro atoms. The van der Waals surface area contributed by atoms with Crippen molar-refractivity contribution in [3.05, 3.63) is 59.7 Å². The highest BCUT2D eigenvalue weighted by molar-refractivity contribution is 5.96. The zero-order valence-corrected chi connectivity index (χ0v) is 17.1. The second kappa shape index (κ2) is 9.41. The summed E-state index contributed by atoms with van der Waals surface area (Å²) in [5.74, 6) is 1.07. The van der Waals surface area contributed by atoms with Crippen molar-refractivity contribution in [3.63, 3.8) is 0 Å². The third-order valence-corrected chi connectivity index (χ3v) is 5.60. The Bertz CT molecular complexity index is 814. The first-order chi connectivity index (χ1) is 13.3. The summed E-state index contributed by atoms with van der Waals surface area (Å²) in [6.07, 6.45) is 2.08. The molecular formula is C22H28ClN3O2. The van der Waals surface area contributed by atoms with E-state index in [1.54, 1.807) is 7.11 Å². The monoisotopic (exact) mass is 401 g/mol. The lowest BCUT2D eigenvalue weighted by Gasteiger charge is -2.38. The molecule has 150 valence electrons. The van der Waals surface area contributed by atoms with Gasteiger partial charge in [0.1, 0.15) is 5.75 Å². The number of amides is 1. The lowest BCUT2D eigenvalue weighted by molar-refractivity contribution is -0.120. The van der Waals surface area contributed by atoms with Gasteiger partial charge in [0, 0.05) is 37.4 Å². The Balaban J connectivity index is 0.00000225. The fourth-order valence-electron chi connectivity index (χ4n) is 4.24. The normalized spacial score (nSPS) is 19.5. The van der Waals surface area contributed by atoms with Crippen LogP contribution in [0.25, 0.3) is 0 Å². The Labute approximate surface area is 173 Å². The van der Waals surface area contributed by atoms with Gasteiger partial charge in [-0.1, -0.05) is 36.4 Å². The number of nitrogens with zero attached hydrogens (tertiary/aromatic N) is 2. The minimum atomic E-state index is 0. The zero-order valence-electron chi connectivity index (χ0n) is 16.3. The Morgan fingerprint density at radius 2 is 1.93 bits per heavy atom. The van der Waals surface area contributed by atoms with Gasteiger partial charge in [-0.2, -0.15) is 0 Å². The molecule has 1 saturated heterocycles. The molecule has 1 fully saturated rings. The lowest BCUT2D eigenvalue weighted by Crippen LogP contribution is -2.51. The van der Waals surface area contributed by atoms with Crippen molar-refractivity contribution < 1.29 is 9.53 Å². The molecular weight excluding hydrogens is 374 g/mol. The number of nitrogens with one attached hydrogen (secondary N) is 1. The Kier molecular flexibility index (Phi) is 6.94. The number of para-hydroxylation sites is 2. The maximum Gasteiger partial charge on any atom is 0.241 e. The fourth-order valence-corrected chi connectivity index (χ4v) is 4.24. The van der Waals surface area contributed by atoms with Gasteiger partial charge in [0.15, 0.2) is 0 Å². The fraction of sp³-hybridized carbons (Fsp3) is 0.409. The number of carbonyl (C=O) groups excluding carboxylic acids is 1. The number of ether oxygens (including phenoxy) is 1. The molecule has 1 atom stereocenters. The van der Waals surface area contributed by atoms with Crippen LogP contribution in [0.1, 0.15) is 23.6 Å².